The summed E-state index contributed by atoms with van der Waals surface area (Å²) in [5.41, 5.74) is 6.67. The predicted octanol–water partition coefficient (Wildman–Crippen LogP) is 3.53. The molecule has 2 aromatic rings. The van der Waals surface area contributed by atoms with Crippen molar-refractivity contribution in [3.05, 3.63) is 69.5 Å². The Balaban J connectivity index is 1.83. The molecule has 0 aromatic heterocycles. The average molecular weight is 397 g/mol. The first-order valence-corrected chi connectivity index (χ1v) is 8.68. The van der Waals surface area contributed by atoms with Crippen LogP contribution in [0.5, 0.6) is 0 Å². The fourth-order valence-corrected chi connectivity index (χ4v) is 2.86. The van der Waals surface area contributed by atoms with Crippen LogP contribution in [0.1, 0.15) is 28.9 Å². The summed E-state index contributed by atoms with van der Waals surface area (Å²) >= 11 is 12.0. The van der Waals surface area contributed by atoms with Gasteiger partial charge in [-0.1, -0.05) is 41.4 Å². The van der Waals surface area contributed by atoms with Crippen molar-refractivity contribution in [2.45, 2.75) is 13.0 Å². The van der Waals surface area contributed by atoms with E-state index >= 15 is 0 Å². The van der Waals surface area contributed by atoms with Gasteiger partial charge >= 0.3 is 0 Å². The number of hydrogen-bond acceptors (Lipinski definition) is 2. The largest absolute Gasteiger partial charge is 0.370 e. The summed E-state index contributed by atoms with van der Waals surface area (Å²) < 4.78 is 13.5. The number of nitrogens with zero attached hydrogens (tertiary/aromatic N) is 1. The van der Waals surface area contributed by atoms with E-state index in [-0.39, 0.29) is 30.7 Å². The van der Waals surface area contributed by atoms with Crippen molar-refractivity contribution >= 4 is 35.1 Å². The molecule has 138 valence electrons. The van der Waals surface area contributed by atoms with E-state index in [9.17, 15) is 9.18 Å². The van der Waals surface area contributed by atoms with Crippen LogP contribution in [0.4, 0.5) is 4.39 Å². The summed E-state index contributed by atoms with van der Waals surface area (Å²) in [5, 5.41) is 6.69. The maximum absolute atomic E-state index is 13.5. The van der Waals surface area contributed by atoms with Gasteiger partial charge in [-0.05, 0) is 36.8 Å². The number of halogens is 3. The predicted molar refractivity (Wildman–Crippen MR) is 103 cm³/mol. The van der Waals surface area contributed by atoms with Crippen LogP contribution >= 0.6 is 23.2 Å². The number of carbonyl (C=O) groups excluding carboxylic acids is 1. The van der Waals surface area contributed by atoms with Crippen molar-refractivity contribution in [1.29, 1.82) is 0 Å². The Kier molecular flexibility index (Phi) is 7.24. The van der Waals surface area contributed by atoms with Gasteiger partial charge in [-0.25, -0.2) is 4.39 Å². The zero-order valence-corrected chi connectivity index (χ0v) is 15.6. The lowest BCUT2D eigenvalue weighted by molar-refractivity contribution is 0.0951. The number of nitrogens with one attached hydrogen (secondary N) is 2. The Morgan fingerprint density at radius 1 is 1.27 bits per heavy atom. The van der Waals surface area contributed by atoms with Gasteiger partial charge in [-0.3, -0.25) is 9.79 Å². The van der Waals surface area contributed by atoms with Crippen LogP contribution in [0, 0.1) is 5.82 Å². The molecule has 0 spiro atoms. The van der Waals surface area contributed by atoms with Crippen molar-refractivity contribution < 1.29 is 9.18 Å². The van der Waals surface area contributed by atoms with Crippen LogP contribution in [0.25, 0.3) is 0 Å². The first-order valence-electron chi connectivity index (χ1n) is 7.92. The smallest absolute Gasteiger partial charge is 0.254 e. The highest BCUT2D eigenvalue weighted by Crippen LogP contribution is 2.25. The molecule has 1 atom stereocenters. The molecule has 1 amide bonds. The number of hydrogen-bond donors (Lipinski definition) is 3. The Morgan fingerprint density at radius 2 is 2.00 bits per heavy atom. The van der Waals surface area contributed by atoms with Gasteiger partial charge in [-0.2, -0.15) is 0 Å². The van der Waals surface area contributed by atoms with E-state index in [0.717, 1.165) is 5.56 Å². The number of rotatable bonds is 6. The minimum Gasteiger partial charge on any atom is -0.370 e. The third kappa shape index (κ3) is 5.61. The van der Waals surface area contributed by atoms with E-state index in [1.807, 2.05) is 13.0 Å². The minimum absolute atomic E-state index is 0.00595. The molecule has 0 fully saturated rings. The van der Waals surface area contributed by atoms with E-state index in [2.05, 4.69) is 15.6 Å². The topological polar surface area (TPSA) is 79.5 Å². The number of nitrogens with two attached hydrogens (primary N) is 1. The monoisotopic (exact) mass is 396 g/mol. The SMILES string of the molecule is CC(NC(N)=NCCNC(=O)c1ccccc1F)c1ccc(Cl)cc1Cl. The lowest BCUT2D eigenvalue weighted by Crippen LogP contribution is -2.35. The summed E-state index contributed by atoms with van der Waals surface area (Å²) in [6, 6.07) is 10.8. The zero-order valence-electron chi connectivity index (χ0n) is 14.1. The Bertz CT molecular complexity index is 814. The van der Waals surface area contributed by atoms with Crippen molar-refractivity contribution in [3.63, 3.8) is 0 Å². The quantitative estimate of drug-likeness (QED) is 0.396. The van der Waals surface area contributed by atoms with Crippen LogP contribution in [0.3, 0.4) is 0 Å². The molecule has 0 bridgehead atoms. The molecule has 0 aliphatic carbocycles. The molecule has 0 heterocycles. The highest BCUT2D eigenvalue weighted by Gasteiger charge is 2.11. The fourth-order valence-electron chi connectivity index (χ4n) is 2.28. The highest BCUT2D eigenvalue weighted by atomic mass is 35.5. The molecule has 2 aromatic carbocycles. The maximum atomic E-state index is 13.5. The van der Waals surface area contributed by atoms with Gasteiger partial charge in [0.25, 0.3) is 5.91 Å². The third-order valence-electron chi connectivity index (χ3n) is 3.59. The summed E-state index contributed by atoms with van der Waals surface area (Å²) in [6.45, 7) is 2.36. The number of guanidine groups is 1. The van der Waals surface area contributed by atoms with Gasteiger partial charge in [-0.15, -0.1) is 0 Å². The molecule has 0 saturated carbocycles. The molecular weight excluding hydrogens is 378 g/mol. The van der Waals surface area contributed by atoms with E-state index in [1.54, 1.807) is 18.2 Å². The van der Waals surface area contributed by atoms with Gasteiger partial charge in [0.15, 0.2) is 5.96 Å². The molecule has 0 saturated heterocycles. The fraction of sp³-hybridized carbons (Fsp3) is 0.222. The molecule has 0 aliphatic heterocycles. The van der Waals surface area contributed by atoms with Gasteiger partial charge in [0.05, 0.1) is 18.2 Å². The van der Waals surface area contributed by atoms with Gasteiger partial charge < -0.3 is 16.4 Å². The van der Waals surface area contributed by atoms with Crippen LogP contribution in [-0.2, 0) is 0 Å². The molecule has 0 radical (unpaired) electrons. The summed E-state index contributed by atoms with van der Waals surface area (Å²) in [6.07, 6.45) is 0. The van der Waals surface area contributed by atoms with Gasteiger partial charge in [0.1, 0.15) is 5.82 Å². The number of benzene rings is 2. The first kappa shape index (κ1) is 20.0. The second-order valence-electron chi connectivity index (χ2n) is 5.53. The first-order chi connectivity index (χ1) is 12.4. The van der Waals surface area contributed by atoms with Crippen molar-refractivity contribution in [1.82, 2.24) is 10.6 Å². The third-order valence-corrected chi connectivity index (χ3v) is 4.15. The molecule has 1 unspecified atom stereocenters. The second kappa shape index (κ2) is 9.40. The second-order valence-corrected chi connectivity index (χ2v) is 6.38. The molecule has 2 rings (SSSR count). The van der Waals surface area contributed by atoms with Gasteiger partial charge in [0, 0.05) is 16.6 Å². The molecule has 26 heavy (non-hydrogen) atoms. The van der Waals surface area contributed by atoms with Crippen LogP contribution in [-0.4, -0.2) is 25.0 Å². The van der Waals surface area contributed by atoms with Gasteiger partial charge in [0.2, 0.25) is 0 Å². The van der Waals surface area contributed by atoms with E-state index in [4.69, 9.17) is 28.9 Å². The van der Waals surface area contributed by atoms with E-state index in [1.165, 1.54) is 18.2 Å². The molecule has 0 aliphatic rings. The maximum Gasteiger partial charge on any atom is 0.254 e. The molecule has 5 nitrogen and oxygen atoms in total. The van der Waals surface area contributed by atoms with Crippen molar-refractivity contribution in [3.8, 4) is 0 Å². The highest BCUT2D eigenvalue weighted by molar-refractivity contribution is 6.35. The number of carbonyl (C=O) groups is 1. The Labute approximate surface area is 161 Å². The molecule has 8 heteroatoms. The van der Waals surface area contributed by atoms with Crippen molar-refractivity contribution in [2.24, 2.45) is 10.7 Å². The normalized spacial score (nSPS) is 12.5. The summed E-state index contributed by atoms with van der Waals surface area (Å²) in [4.78, 5) is 16.0. The van der Waals surface area contributed by atoms with E-state index < -0.39 is 11.7 Å². The lowest BCUT2D eigenvalue weighted by Gasteiger charge is -2.16. The standard InChI is InChI=1S/C18H19Cl2FN4O/c1-11(13-7-6-12(19)10-15(13)20)25-18(22)24-9-8-23-17(26)14-4-2-3-5-16(14)21/h2-7,10-11H,8-9H2,1H3,(H,23,26)(H3,22,24,25). The average Bonchev–Trinajstić information content (AvgIpc) is 2.58. The van der Waals surface area contributed by atoms with Crippen LogP contribution in [0.15, 0.2) is 47.5 Å². The summed E-state index contributed by atoms with van der Waals surface area (Å²) in [5.74, 6) is -0.849. The Hall–Kier alpha value is -2.31. The number of aliphatic imine (C=N–C) groups is 1. The Morgan fingerprint density at radius 3 is 2.69 bits per heavy atom. The minimum atomic E-state index is -0.566. The van der Waals surface area contributed by atoms with Crippen molar-refractivity contribution in [2.75, 3.05) is 13.1 Å². The zero-order chi connectivity index (χ0) is 19.1. The van der Waals surface area contributed by atoms with E-state index in [0.29, 0.717) is 10.0 Å². The molecular formula is C18H19Cl2FN4O. The summed E-state index contributed by atoms with van der Waals surface area (Å²) in [7, 11) is 0. The van der Waals surface area contributed by atoms with Crippen LogP contribution in [0.2, 0.25) is 10.0 Å². The number of amides is 1. The van der Waals surface area contributed by atoms with Crippen LogP contribution < -0.4 is 16.4 Å². The lowest BCUT2D eigenvalue weighted by atomic mass is 10.1. The molecule has 4 N–H and O–H groups in total.